The van der Waals surface area contributed by atoms with E-state index in [0.29, 0.717) is 54.5 Å². The number of carbonyl (C=O) groups excluding carboxylic acids is 3. The summed E-state index contributed by atoms with van der Waals surface area (Å²) in [6.07, 6.45) is 3.98. The minimum absolute atomic E-state index is 0.139. The summed E-state index contributed by atoms with van der Waals surface area (Å²) in [6, 6.07) is 2.64. The quantitative estimate of drug-likeness (QED) is 0.329. The number of nitrogens with zero attached hydrogens (tertiary/aromatic N) is 2. The van der Waals surface area contributed by atoms with Gasteiger partial charge in [-0.05, 0) is 70.6 Å². The van der Waals surface area contributed by atoms with Gasteiger partial charge in [-0.2, -0.15) is 0 Å². The number of aromatic nitrogens is 1. The van der Waals surface area contributed by atoms with Gasteiger partial charge in [0.15, 0.2) is 0 Å². The van der Waals surface area contributed by atoms with E-state index < -0.39 is 73.9 Å². The number of rotatable bonds is 5. The summed E-state index contributed by atoms with van der Waals surface area (Å²) in [5.41, 5.74) is -1.77. The predicted octanol–water partition coefficient (Wildman–Crippen LogP) is 3.71. The normalized spacial score (nSPS) is 31.8. The molecule has 0 bridgehead atoms. The number of aryl methyl sites for hydroxylation is 1. The third kappa shape index (κ3) is 6.32. The van der Waals surface area contributed by atoms with Gasteiger partial charge in [-0.3, -0.25) is 19.1 Å². The van der Waals surface area contributed by atoms with Crippen LogP contribution >= 0.6 is 0 Å². The van der Waals surface area contributed by atoms with E-state index in [1.54, 1.807) is 32.0 Å². The van der Waals surface area contributed by atoms with Gasteiger partial charge < -0.3 is 30.1 Å². The number of amides is 4. The zero-order valence-corrected chi connectivity index (χ0v) is 30.2. The number of carboxylic acid groups (broad SMARTS) is 1. The number of nitrogens with one attached hydrogen (secondary N) is 3. The summed E-state index contributed by atoms with van der Waals surface area (Å²) in [4.78, 5) is 60.2. The van der Waals surface area contributed by atoms with Gasteiger partial charge in [-0.25, -0.2) is 22.6 Å². The van der Waals surface area contributed by atoms with E-state index in [2.05, 4.69) is 20.3 Å². The number of allylic oxidation sites excluding steroid dienone is 1. The lowest BCUT2D eigenvalue weighted by Crippen LogP contribution is -2.58. The maximum Gasteiger partial charge on any atom is 0.405 e. The van der Waals surface area contributed by atoms with Crippen molar-refractivity contribution in [1.82, 2.24) is 25.2 Å². The SMILES string of the molecule is COc1ccc2nc(C)c3c(c2c1)[C@H](F)C[C@]1(C[C@H]2C(=O)N[C@]4(C(=O)NS(=O)(=O)C5(C)CC5)C[C@H]4/C=C\CCCCC[C@H](NC(=O)O)C(=O)N2C1)O3. The number of fused-ring (bicyclic) bond motifs is 5. The van der Waals surface area contributed by atoms with Crippen molar-refractivity contribution >= 4 is 44.7 Å². The lowest BCUT2D eigenvalue weighted by atomic mass is 9.86. The van der Waals surface area contributed by atoms with E-state index in [0.717, 1.165) is 6.42 Å². The van der Waals surface area contributed by atoms with Gasteiger partial charge in [0, 0.05) is 29.7 Å². The molecule has 0 unspecified atom stereocenters. The molecule has 4 heterocycles. The van der Waals surface area contributed by atoms with Crippen molar-refractivity contribution in [2.75, 3.05) is 13.7 Å². The van der Waals surface area contributed by atoms with Crippen LogP contribution in [0.2, 0.25) is 0 Å². The van der Waals surface area contributed by atoms with E-state index in [-0.39, 0.29) is 43.5 Å². The molecule has 2 aliphatic carbocycles. The Morgan fingerprint density at radius 2 is 1.92 bits per heavy atom. The molecule has 4 amide bonds. The molecule has 5 aliphatic rings. The molecule has 7 rings (SSSR count). The number of methoxy groups -OCH3 is 1. The van der Waals surface area contributed by atoms with E-state index in [1.165, 1.54) is 12.0 Å². The second-order valence-electron chi connectivity index (χ2n) is 15.2. The molecule has 3 fully saturated rings. The van der Waals surface area contributed by atoms with Crippen LogP contribution in [0, 0.1) is 12.8 Å². The van der Waals surface area contributed by atoms with Crippen LogP contribution in [-0.4, -0.2) is 88.8 Å². The molecule has 1 aromatic heterocycles. The number of pyridine rings is 1. The number of sulfonamides is 1. The van der Waals surface area contributed by atoms with Crippen LogP contribution in [0.4, 0.5) is 9.18 Å². The van der Waals surface area contributed by atoms with Crippen molar-refractivity contribution in [2.45, 2.75) is 112 Å². The van der Waals surface area contributed by atoms with Crippen LogP contribution in [0.5, 0.6) is 11.5 Å². The Balaban J connectivity index is 1.25. The highest BCUT2D eigenvalue weighted by Gasteiger charge is 2.64. The summed E-state index contributed by atoms with van der Waals surface area (Å²) in [5.74, 6) is -2.10. The smallest absolute Gasteiger partial charge is 0.405 e. The molecule has 16 heteroatoms. The molecule has 6 atom stereocenters. The fourth-order valence-corrected chi connectivity index (χ4v) is 9.30. The standard InChI is InChI=1S/C36H44FN5O9S/c1-20-29-28(23-15-22(50-3)11-12-25(23)38-20)24(37)17-35(51-29)18-27-30(43)40-36(32(45)41-52(48,49)34(2)13-14-34)16-21(36)9-7-5-4-6-8-10-26(39-33(46)47)31(44)42(27)19-35/h7,9,11-12,15,21,24,26-27,39H,4-6,8,10,13-14,16-19H2,1-3H3,(H,40,43)(H,41,45)(H,46,47)/b9-7-/t21-,24-,26+,27+,35-,36-/m1/s1. The Morgan fingerprint density at radius 1 is 1.15 bits per heavy atom. The summed E-state index contributed by atoms with van der Waals surface area (Å²) >= 11 is 0. The monoisotopic (exact) mass is 741 g/mol. The maximum atomic E-state index is 16.6. The first-order valence-corrected chi connectivity index (χ1v) is 19.3. The van der Waals surface area contributed by atoms with Gasteiger partial charge in [0.1, 0.15) is 40.9 Å². The molecule has 0 radical (unpaired) electrons. The summed E-state index contributed by atoms with van der Waals surface area (Å²) in [5, 5.41) is 15.3. The number of carbonyl (C=O) groups is 4. The summed E-state index contributed by atoms with van der Waals surface area (Å²) < 4.78 is 55.9. The lowest BCUT2D eigenvalue weighted by Gasteiger charge is -2.38. The van der Waals surface area contributed by atoms with E-state index in [9.17, 15) is 32.7 Å². The maximum absolute atomic E-state index is 16.6. The van der Waals surface area contributed by atoms with Crippen LogP contribution < -0.4 is 24.8 Å². The van der Waals surface area contributed by atoms with Gasteiger partial charge in [0.2, 0.25) is 21.8 Å². The lowest BCUT2D eigenvalue weighted by molar-refractivity contribution is -0.141. The highest BCUT2D eigenvalue weighted by atomic mass is 32.2. The minimum atomic E-state index is -4.04. The third-order valence-corrected chi connectivity index (χ3v) is 13.6. The Morgan fingerprint density at radius 3 is 2.63 bits per heavy atom. The number of hydrogen-bond donors (Lipinski definition) is 4. The highest BCUT2D eigenvalue weighted by molar-refractivity contribution is 7.91. The molecule has 280 valence electrons. The van der Waals surface area contributed by atoms with E-state index in [1.807, 2.05) is 12.2 Å². The Hall–Kier alpha value is -4.47. The third-order valence-electron chi connectivity index (χ3n) is 11.4. The first kappa shape index (κ1) is 35.9. The zero-order valence-electron chi connectivity index (χ0n) is 29.4. The molecular formula is C36H44FN5O9S. The van der Waals surface area contributed by atoms with Gasteiger partial charge in [-0.15, -0.1) is 0 Å². The molecule has 1 saturated heterocycles. The fourth-order valence-electron chi connectivity index (χ4n) is 7.99. The molecule has 2 saturated carbocycles. The molecule has 14 nitrogen and oxygen atoms in total. The van der Waals surface area contributed by atoms with E-state index in [4.69, 9.17) is 9.47 Å². The van der Waals surface area contributed by atoms with Crippen molar-refractivity contribution in [3.05, 3.63) is 41.6 Å². The number of alkyl halides is 1. The van der Waals surface area contributed by atoms with Crippen LogP contribution in [0.25, 0.3) is 10.9 Å². The average Bonchev–Trinajstić information content (AvgIpc) is 3.98. The van der Waals surface area contributed by atoms with Crippen LogP contribution in [-0.2, 0) is 24.4 Å². The molecule has 3 aliphatic heterocycles. The van der Waals surface area contributed by atoms with Crippen molar-refractivity contribution in [2.24, 2.45) is 5.92 Å². The van der Waals surface area contributed by atoms with Gasteiger partial charge >= 0.3 is 6.09 Å². The average molecular weight is 742 g/mol. The van der Waals surface area contributed by atoms with Crippen molar-refractivity contribution < 1.29 is 46.6 Å². The minimum Gasteiger partial charge on any atom is -0.497 e. The largest absolute Gasteiger partial charge is 0.497 e. The van der Waals surface area contributed by atoms with Crippen LogP contribution in [0.1, 0.15) is 88.6 Å². The molecule has 1 aromatic carbocycles. The Bertz CT molecular complexity index is 1990. The van der Waals surface area contributed by atoms with Gasteiger partial charge in [0.25, 0.3) is 5.91 Å². The predicted molar refractivity (Wildman–Crippen MR) is 186 cm³/mol. The molecule has 52 heavy (non-hydrogen) atoms. The van der Waals surface area contributed by atoms with E-state index >= 15 is 4.39 Å². The van der Waals surface area contributed by atoms with Crippen molar-refractivity contribution in [1.29, 1.82) is 0 Å². The van der Waals surface area contributed by atoms with Crippen molar-refractivity contribution in [3.63, 3.8) is 0 Å². The number of halogens is 1. The number of benzene rings is 1. The molecular weight excluding hydrogens is 697 g/mol. The molecule has 1 spiro atoms. The molecule has 2 aromatic rings. The van der Waals surface area contributed by atoms with Gasteiger partial charge in [-0.1, -0.05) is 25.0 Å². The van der Waals surface area contributed by atoms with Gasteiger partial charge in [0.05, 0.1) is 29.6 Å². The highest BCUT2D eigenvalue weighted by Crippen LogP contribution is 2.52. The summed E-state index contributed by atoms with van der Waals surface area (Å²) in [6.45, 7) is 3.00. The molecule has 4 N–H and O–H groups in total. The second kappa shape index (κ2) is 12.9. The summed E-state index contributed by atoms with van der Waals surface area (Å²) in [7, 11) is -2.53. The first-order chi connectivity index (χ1) is 24.6. The Kier molecular flexibility index (Phi) is 8.90. The van der Waals surface area contributed by atoms with Crippen LogP contribution in [0.15, 0.2) is 30.4 Å². The number of hydrogen-bond acceptors (Lipinski definition) is 9. The zero-order chi connectivity index (χ0) is 37.2. The first-order valence-electron chi connectivity index (χ1n) is 17.8. The topological polar surface area (TPSA) is 193 Å². The Labute approximate surface area is 300 Å². The number of ether oxygens (including phenoxy) is 2. The second-order valence-corrected chi connectivity index (χ2v) is 17.4. The van der Waals surface area contributed by atoms with Crippen molar-refractivity contribution in [3.8, 4) is 11.5 Å². The van der Waals surface area contributed by atoms with Crippen LogP contribution in [0.3, 0.4) is 0 Å². The fraction of sp³-hybridized carbons (Fsp3) is 0.583.